The molecule has 2 nitrogen and oxygen atoms in total. The van der Waals surface area contributed by atoms with Crippen LogP contribution in [0.2, 0.25) is 0 Å². The summed E-state index contributed by atoms with van der Waals surface area (Å²) in [7, 11) is 0. The third-order valence-electron chi connectivity index (χ3n) is 7.47. The highest BCUT2D eigenvalue weighted by atomic mass is 16.3. The van der Waals surface area contributed by atoms with Crippen LogP contribution in [0.1, 0.15) is 25.0 Å². The average Bonchev–Trinajstić information content (AvgIpc) is 3.38. The Bertz CT molecular complexity index is 1740. The van der Waals surface area contributed by atoms with Crippen LogP contribution in [0.3, 0.4) is 0 Å². The maximum absolute atomic E-state index is 6.24. The second-order valence-electron chi connectivity index (χ2n) is 9.91. The van der Waals surface area contributed by atoms with Crippen LogP contribution in [-0.2, 0) is 5.41 Å². The van der Waals surface area contributed by atoms with E-state index in [-0.39, 0.29) is 5.41 Å². The van der Waals surface area contributed by atoms with Crippen molar-refractivity contribution in [1.82, 2.24) is 0 Å². The summed E-state index contributed by atoms with van der Waals surface area (Å²) in [6, 6.07) is 38.7. The molecular weight excluding hydrogens is 426 g/mol. The van der Waals surface area contributed by atoms with E-state index in [2.05, 4.69) is 116 Å². The highest BCUT2D eigenvalue weighted by Crippen LogP contribution is 2.49. The Balaban J connectivity index is 1.21. The van der Waals surface area contributed by atoms with Crippen molar-refractivity contribution in [2.24, 2.45) is 0 Å². The standard InChI is InChI=1S/C33H25NO/c1-33(2)29-12-5-3-8-25(29)26-19-18-23(20-30(26)33)34-22-16-14-21(15-17-22)24-10-7-11-28-27-9-4-6-13-31(27)35-32(24)28/h3-20,34H,1-2H3. The van der Waals surface area contributed by atoms with E-state index in [0.717, 1.165) is 44.4 Å². The molecule has 1 aliphatic rings. The highest BCUT2D eigenvalue weighted by molar-refractivity contribution is 6.09. The molecule has 0 spiro atoms. The van der Waals surface area contributed by atoms with Gasteiger partial charge in [-0.25, -0.2) is 0 Å². The Labute approximate surface area is 204 Å². The number of hydrogen-bond donors (Lipinski definition) is 1. The first-order chi connectivity index (χ1) is 17.1. The molecule has 0 amide bonds. The van der Waals surface area contributed by atoms with Gasteiger partial charge in [0.05, 0.1) is 0 Å². The fourth-order valence-electron chi connectivity index (χ4n) is 5.66. The molecule has 0 unspecified atom stereocenters. The molecule has 0 aliphatic heterocycles. The molecule has 5 aromatic carbocycles. The van der Waals surface area contributed by atoms with Crippen LogP contribution >= 0.6 is 0 Å². The van der Waals surface area contributed by atoms with E-state index >= 15 is 0 Å². The minimum atomic E-state index is -0.00125. The number of furan rings is 1. The van der Waals surface area contributed by atoms with Gasteiger partial charge in [-0.2, -0.15) is 0 Å². The second kappa shape index (κ2) is 7.35. The lowest BCUT2D eigenvalue weighted by Gasteiger charge is -2.22. The zero-order valence-corrected chi connectivity index (χ0v) is 19.8. The average molecular weight is 452 g/mol. The normalized spacial score (nSPS) is 13.7. The van der Waals surface area contributed by atoms with E-state index < -0.39 is 0 Å². The van der Waals surface area contributed by atoms with Crippen molar-refractivity contribution < 1.29 is 4.42 Å². The molecule has 0 radical (unpaired) electrons. The molecule has 0 saturated carbocycles. The van der Waals surface area contributed by atoms with E-state index in [9.17, 15) is 0 Å². The van der Waals surface area contributed by atoms with Crippen molar-refractivity contribution >= 4 is 33.3 Å². The number of anilines is 2. The Kier molecular flexibility index (Phi) is 4.22. The van der Waals surface area contributed by atoms with Crippen LogP contribution in [0.15, 0.2) is 114 Å². The fraction of sp³-hybridized carbons (Fsp3) is 0.0909. The van der Waals surface area contributed by atoms with Crippen LogP contribution in [-0.4, -0.2) is 0 Å². The zero-order valence-electron chi connectivity index (χ0n) is 19.8. The van der Waals surface area contributed by atoms with Gasteiger partial charge in [-0.3, -0.25) is 0 Å². The molecule has 1 heterocycles. The minimum absolute atomic E-state index is 0.00125. The lowest BCUT2D eigenvalue weighted by Crippen LogP contribution is -2.15. The van der Waals surface area contributed by atoms with Gasteiger partial charge in [0.25, 0.3) is 0 Å². The number of benzene rings is 5. The van der Waals surface area contributed by atoms with Gasteiger partial charge >= 0.3 is 0 Å². The van der Waals surface area contributed by atoms with Crippen molar-refractivity contribution in [3.63, 3.8) is 0 Å². The molecule has 6 aromatic rings. The maximum Gasteiger partial charge on any atom is 0.143 e. The van der Waals surface area contributed by atoms with Gasteiger partial charge in [0.15, 0.2) is 0 Å². The summed E-state index contributed by atoms with van der Waals surface area (Å²) in [6.45, 7) is 4.63. The molecule has 2 heteroatoms. The quantitative estimate of drug-likeness (QED) is 0.290. The Morgan fingerprint density at radius 3 is 2.14 bits per heavy atom. The first kappa shape index (κ1) is 20.1. The molecule has 35 heavy (non-hydrogen) atoms. The first-order valence-corrected chi connectivity index (χ1v) is 12.1. The van der Waals surface area contributed by atoms with Crippen LogP contribution in [0.4, 0.5) is 11.4 Å². The van der Waals surface area contributed by atoms with Crippen molar-refractivity contribution in [2.75, 3.05) is 5.32 Å². The van der Waals surface area contributed by atoms with E-state index in [1.165, 1.54) is 22.3 Å². The molecule has 0 fully saturated rings. The van der Waals surface area contributed by atoms with Gasteiger partial charge in [0, 0.05) is 33.1 Å². The molecule has 1 aromatic heterocycles. The Morgan fingerprint density at radius 2 is 1.26 bits per heavy atom. The van der Waals surface area contributed by atoms with E-state index in [1.807, 2.05) is 12.1 Å². The summed E-state index contributed by atoms with van der Waals surface area (Å²) >= 11 is 0. The minimum Gasteiger partial charge on any atom is -0.455 e. The second-order valence-corrected chi connectivity index (χ2v) is 9.91. The lowest BCUT2D eigenvalue weighted by atomic mass is 9.82. The largest absolute Gasteiger partial charge is 0.455 e. The van der Waals surface area contributed by atoms with Gasteiger partial charge in [-0.15, -0.1) is 0 Å². The lowest BCUT2D eigenvalue weighted by molar-refractivity contribution is 0.660. The fourth-order valence-corrected chi connectivity index (χ4v) is 5.66. The first-order valence-electron chi connectivity index (χ1n) is 12.1. The topological polar surface area (TPSA) is 25.2 Å². The monoisotopic (exact) mass is 451 g/mol. The van der Waals surface area contributed by atoms with E-state index in [4.69, 9.17) is 4.42 Å². The van der Waals surface area contributed by atoms with Crippen LogP contribution in [0.25, 0.3) is 44.2 Å². The summed E-state index contributed by atoms with van der Waals surface area (Å²) < 4.78 is 6.24. The Hall–Kier alpha value is -4.30. The van der Waals surface area contributed by atoms with E-state index in [0.29, 0.717) is 0 Å². The van der Waals surface area contributed by atoms with Gasteiger partial charge in [-0.05, 0) is 58.1 Å². The number of nitrogens with one attached hydrogen (secondary N) is 1. The molecule has 0 atom stereocenters. The van der Waals surface area contributed by atoms with Gasteiger partial charge in [-0.1, -0.05) is 92.7 Å². The number of para-hydroxylation sites is 2. The van der Waals surface area contributed by atoms with Crippen molar-refractivity contribution in [1.29, 1.82) is 0 Å². The predicted octanol–water partition coefficient (Wildman–Crippen LogP) is 9.30. The van der Waals surface area contributed by atoms with Crippen molar-refractivity contribution in [3.05, 3.63) is 120 Å². The number of rotatable bonds is 3. The van der Waals surface area contributed by atoms with Crippen LogP contribution in [0, 0.1) is 0 Å². The highest BCUT2D eigenvalue weighted by Gasteiger charge is 2.35. The molecular formula is C33H25NO. The number of fused-ring (bicyclic) bond motifs is 6. The molecule has 0 bridgehead atoms. The molecule has 1 aliphatic carbocycles. The zero-order chi connectivity index (χ0) is 23.6. The summed E-state index contributed by atoms with van der Waals surface area (Å²) in [4.78, 5) is 0. The summed E-state index contributed by atoms with van der Waals surface area (Å²) in [5, 5.41) is 5.92. The van der Waals surface area contributed by atoms with Crippen LogP contribution < -0.4 is 5.32 Å². The molecule has 168 valence electrons. The van der Waals surface area contributed by atoms with Crippen LogP contribution in [0.5, 0.6) is 0 Å². The third-order valence-corrected chi connectivity index (χ3v) is 7.47. The summed E-state index contributed by atoms with van der Waals surface area (Å²) in [5.74, 6) is 0. The molecule has 0 saturated heterocycles. The SMILES string of the molecule is CC1(C)c2ccccc2-c2ccc(Nc3ccc(-c4cccc5c4oc4ccccc45)cc3)cc21. The molecule has 7 rings (SSSR count). The summed E-state index contributed by atoms with van der Waals surface area (Å²) in [6.07, 6.45) is 0. The maximum atomic E-state index is 6.24. The number of hydrogen-bond acceptors (Lipinski definition) is 2. The Morgan fingerprint density at radius 1 is 0.571 bits per heavy atom. The van der Waals surface area contributed by atoms with Gasteiger partial charge in [0.2, 0.25) is 0 Å². The smallest absolute Gasteiger partial charge is 0.143 e. The van der Waals surface area contributed by atoms with E-state index in [1.54, 1.807) is 0 Å². The summed E-state index contributed by atoms with van der Waals surface area (Å²) in [5.41, 5.74) is 11.8. The predicted molar refractivity (Wildman–Crippen MR) is 146 cm³/mol. The van der Waals surface area contributed by atoms with Gasteiger partial charge in [0.1, 0.15) is 11.2 Å². The third kappa shape index (κ3) is 3.03. The van der Waals surface area contributed by atoms with Crippen molar-refractivity contribution in [2.45, 2.75) is 19.3 Å². The van der Waals surface area contributed by atoms with Gasteiger partial charge < -0.3 is 9.73 Å². The molecule has 1 N–H and O–H groups in total. The van der Waals surface area contributed by atoms with Crippen molar-refractivity contribution in [3.8, 4) is 22.3 Å².